The van der Waals surface area contributed by atoms with Gasteiger partial charge in [-0.25, -0.2) is 0 Å². The third-order valence-electron chi connectivity index (χ3n) is 6.15. The molecule has 4 nitrogen and oxygen atoms in total. The second kappa shape index (κ2) is 10.8. The molecule has 0 saturated heterocycles. The Hall–Kier alpha value is -2.04. The van der Waals surface area contributed by atoms with E-state index in [9.17, 15) is 10.2 Å². The average molecular weight is 415 g/mol. The van der Waals surface area contributed by atoms with Gasteiger partial charge in [0.25, 0.3) is 0 Å². The highest BCUT2D eigenvalue weighted by molar-refractivity contribution is 5.53. The van der Waals surface area contributed by atoms with Crippen LogP contribution in [0.25, 0.3) is 0 Å². The van der Waals surface area contributed by atoms with Crippen molar-refractivity contribution in [1.82, 2.24) is 0 Å². The van der Waals surface area contributed by atoms with E-state index in [1.165, 1.54) is 30.4 Å². The third kappa shape index (κ3) is 4.81. The van der Waals surface area contributed by atoms with Crippen molar-refractivity contribution >= 4 is 0 Å². The number of benzene rings is 2. The molecule has 0 radical (unpaired) electrons. The van der Waals surface area contributed by atoms with Crippen molar-refractivity contribution in [3.8, 4) is 11.5 Å². The first-order chi connectivity index (χ1) is 14.4. The van der Waals surface area contributed by atoms with Crippen LogP contribution in [0.2, 0.25) is 0 Å². The smallest absolute Gasteiger partial charge is 0.186 e. The molecular weight excluding hydrogens is 376 g/mol. The molecule has 0 atom stereocenters. The zero-order chi connectivity index (χ0) is 22.3. The highest BCUT2D eigenvalue weighted by atomic mass is 16.6. The lowest BCUT2D eigenvalue weighted by Gasteiger charge is -2.40. The molecule has 2 N–H and O–H groups in total. The monoisotopic (exact) mass is 414 g/mol. The fourth-order valence-corrected chi connectivity index (χ4v) is 4.94. The van der Waals surface area contributed by atoms with E-state index >= 15 is 0 Å². The summed E-state index contributed by atoms with van der Waals surface area (Å²) in [7, 11) is 0. The topological polar surface area (TPSA) is 58.9 Å². The summed E-state index contributed by atoms with van der Waals surface area (Å²) in [5, 5.41) is 18.4. The molecule has 0 amide bonds. The fourth-order valence-electron chi connectivity index (χ4n) is 4.94. The Bertz CT molecular complexity index is 725. The molecule has 2 aromatic carbocycles. The first kappa shape index (κ1) is 24.2. The lowest BCUT2D eigenvalue weighted by Crippen LogP contribution is -2.31. The maximum Gasteiger partial charge on any atom is 0.186 e. The van der Waals surface area contributed by atoms with Crippen LogP contribution in [0.1, 0.15) is 79.3 Å². The van der Waals surface area contributed by atoms with Gasteiger partial charge in [-0.1, -0.05) is 57.4 Å². The molecule has 4 heteroatoms. The van der Waals surface area contributed by atoms with Crippen LogP contribution in [0, 0.1) is 27.7 Å². The number of rotatable bonds is 6. The van der Waals surface area contributed by atoms with Crippen molar-refractivity contribution < 1.29 is 19.7 Å². The number of hydrogen-bond donors (Lipinski definition) is 2. The summed E-state index contributed by atoms with van der Waals surface area (Å²) in [6.07, 6.45) is 5.92. The van der Waals surface area contributed by atoms with Crippen molar-refractivity contribution in [2.45, 2.75) is 79.1 Å². The highest BCUT2D eigenvalue weighted by Gasteiger charge is 2.37. The van der Waals surface area contributed by atoms with Gasteiger partial charge in [0.15, 0.2) is 13.6 Å². The van der Waals surface area contributed by atoms with Gasteiger partial charge in [-0.3, -0.25) is 0 Å². The molecule has 166 valence electrons. The summed E-state index contributed by atoms with van der Waals surface area (Å²) < 4.78 is 10.9. The van der Waals surface area contributed by atoms with Gasteiger partial charge >= 0.3 is 0 Å². The molecule has 0 heterocycles. The van der Waals surface area contributed by atoms with Crippen LogP contribution in [0.15, 0.2) is 24.3 Å². The molecule has 0 spiro atoms. The Kier molecular flexibility index (Phi) is 8.75. The predicted octanol–water partition coefficient (Wildman–Crippen LogP) is 5.85. The van der Waals surface area contributed by atoms with Crippen molar-refractivity contribution in [3.05, 3.63) is 57.6 Å². The standard InChI is InChI=1S/C24H32O4.C2H6/c1-16-10-20(11-17(2)22(16)27-14-25)24(8-6-5-7-9-24)21-12-18(3)23(28-15-26)19(4)13-21;1-2/h10-13,25-26H,5-9,14-15H2,1-4H3;1-2H3. The number of ether oxygens (including phenoxy) is 2. The Morgan fingerprint density at radius 1 is 0.667 bits per heavy atom. The maximum atomic E-state index is 9.19. The van der Waals surface area contributed by atoms with E-state index in [1.54, 1.807) is 0 Å². The first-order valence-electron chi connectivity index (χ1n) is 11.1. The fraction of sp³-hybridized carbons (Fsp3) is 0.538. The van der Waals surface area contributed by atoms with E-state index in [2.05, 4.69) is 24.3 Å². The minimum Gasteiger partial charge on any atom is -0.467 e. The van der Waals surface area contributed by atoms with Crippen molar-refractivity contribution in [2.24, 2.45) is 0 Å². The molecule has 0 aliphatic heterocycles. The summed E-state index contributed by atoms with van der Waals surface area (Å²) in [5.74, 6) is 1.55. The third-order valence-corrected chi connectivity index (χ3v) is 6.15. The quantitative estimate of drug-likeness (QED) is 0.582. The molecule has 0 aromatic heterocycles. The molecule has 2 aromatic rings. The number of aliphatic hydroxyl groups excluding tert-OH is 2. The molecule has 3 rings (SSSR count). The Morgan fingerprint density at radius 3 is 1.30 bits per heavy atom. The molecule has 0 bridgehead atoms. The van der Waals surface area contributed by atoms with E-state index < -0.39 is 0 Å². The lowest BCUT2D eigenvalue weighted by atomic mass is 9.64. The average Bonchev–Trinajstić information content (AvgIpc) is 2.75. The van der Waals surface area contributed by atoms with Gasteiger partial charge in [-0.05, 0) is 73.9 Å². The van der Waals surface area contributed by atoms with Gasteiger partial charge in [0.1, 0.15) is 11.5 Å². The van der Waals surface area contributed by atoms with E-state index in [0.717, 1.165) is 46.6 Å². The second-order valence-electron chi connectivity index (χ2n) is 8.07. The normalized spacial score (nSPS) is 15.2. The van der Waals surface area contributed by atoms with Gasteiger partial charge in [0.05, 0.1) is 0 Å². The van der Waals surface area contributed by atoms with Gasteiger partial charge in [-0.2, -0.15) is 0 Å². The summed E-state index contributed by atoms with van der Waals surface area (Å²) in [5.41, 5.74) is 6.85. The molecule has 0 unspecified atom stereocenters. The maximum absolute atomic E-state index is 9.19. The van der Waals surface area contributed by atoms with Crippen LogP contribution < -0.4 is 9.47 Å². The zero-order valence-corrected chi connectivity index (χ0v) is 19.5. The number of aryl methyl sites for hydroxylation is 4. The SMILES string of the molecule is CC.Cc1cc(C2(c3cc(C)c(OCO)c(C)c3)CCCCC2)cc(C)c1OCO. The van der Waals surface area contributed by atoms with Gasteiger partial charge in [0.2, 0.25) is 0 Å². The largest absolute Gasteiger partial charge is 0.467 e. The van der Waals surface area contributed by atoms with E-state index in [-0.39, 0.29) is 19.0 Å². The lowest BCUT2D eigenvalue weighted by molar-refractivity contribution is 0.0968. The minimum atomic E-state index is -0.309. The van der Waals surface area contributed by atoms with E-state index in [1.807, 2.05) is 41.5 Å². The summed E-state index contributed by atoms with van der Waals surface area (Å²) >= 11 is 0. The number of hydrogen-bond acceptors (Lipinski definition) is 4. The molecule has 1 aliphatic carbocycles. The Labute approximate surface area is 181 Å². The van der Waals surface area contributed by atoms with Crippen LogP contribution in [-0.4, -0.2) is 23.8 Å². The second-order valence-corrected chi connectivity index (χ2v) is 8.07. The van der Waals surface area contributed by atoms with Crippen molar-refractivity contribution in [2.75, 3.05) is 13.6 Å². The summed E-state index contributed by atoms with van der Waals surface area (Å²) in [6, 6.07) is 8.91. The van der Waals surface area contributed by atoms with E-state index in [0.29, 0.717) is 0 Å². The Balaban J connectivity index is 0.00000155. The molecule has 1 aliphatic rings. The van der Waals surface area contributed by atoms with Crippen LogP contribution in [-0.2, 0) is 5.41 Å². The molecular formula is C26H38O4. The highest BCUT2D eigenvalue weighted by Crippen LogP contribution is 2.47. The van der Waals surface area contributed by atoms with Crippen molar-refractivity contribution in [1.29, 1.82) is 0 Å². The van der Waals surface area contributed by atoms with Crippen LogP contribution in [0.4, 0.5) is 0 Å². The summed E-state index contributed by atoms with van der Waals surface area (Å²) in [4.78, 5) is 0. The van der Waals surface area contributed by atoms with Crippen LogP contribution in [0.5, 0.6) is 11.5 Å². The Morgan fingerprint density at radius 2 is 1.00 bits per heavy atom. The molecule has 30 heavy (non-hydrogen) atoms. The zero-order valence-electron chi connectivity index (χ0n) is 19.5. The van der Waals surface area contributed by atoms with Crippen LogP contribution >= 0.6 is 0 Å². The summed E-state index contributed by atoms with van der Waals surface area (Å²) in [6.45, 7) is 11.6. The van der Waals surface area contributed by atoms with E-state index in [4.69, 9.17) is 9.47 Å². The molecule has 1 fully saturated rings. The van der Waals surface area contributed by atoms with Gasteiger partial charge in [0, 0.05) is 5.41 Å². The van der Waals surface area contributed by atoms with Crippen molar-refractivity contribution in [3.63, 3.8) is 0 Å². The number of aliphatic hydroxyl groups is 2. The van der Waals surface area contributed by atoms with Gasteiger partial charge in [-0.15, -0.1) is 0 Å². The predicted molar refractivity (Wildman–Crippen MR) is 122 cm³/mol. The first-order valence-corrected chi connectivity index (χ1v) is 11.1. The molecule has 1 saturated carbocycles. The minimum absolute atomic E-state index is 0.0290. The van der Waals surface area contributed by atoms with Gasteiger partial charge < -0.3 is 19.7 Å². The van der Waals surface area contributed by atoms with Crippen LogP contribution in [0.3, 0.4) is 0 Å².